The molecule has 1 aliphatic rings. The number of hydrogen-bond donors (Lipinski definition) is 1. The van der Waals surface area contributed by atoms with Gasteiger partial charge in [-0.2, -0.15) is 0 Å². The molecule has 2 atom stereocenters. The molecule has 0 saturated heterocycles. The van der Waals surface area contributed by atoms with E-state index in [1.54, 1.807) is 11.8 Å². The molecular weight excluding hydrogens is 338 g/mol. The first-order chi connectivity index (χ1) is 12.8. The van der Waals surface area contributed by atoms with E-state index < -0.39 is 0 Å². The van der Waals surface area contributed by atoms with Crippen LogP contribution in [0.2, 0.25) is 0 Å². The van der Waals surface area contributed by atoms with Crippen molar-refractivity contribution in [1.82, 2.24) is 5.32 Å². The molecule has 4 rings (SSSR count). The van der Waals surface area contributed by atoms with E-state index in [1.807, 2.05) is 48.5 Å². The zero-order valence-electron chi connectivity index (χ0n) is 14.5. The Kier molecular flexibility index (Phi) is 5.07. The molecule has 3 aromatic rings. The molecule has 0 aromatic heterocycles. The van der Waals surface area contributed by atoms with E-state index in [0.29, 0.717) is 0 Å². The quantitative estimate of drug-likeness (QED) is 0.709. The standard InChI is InChI=1S/C23H21NOS/c25-23(22-16-19-13-7-8-14-21(19)26-22)24-20(18-11-5-2-6-12-18)15-17-9-3-1-4-10-17/h1-14,20,22H,15-16H2,(H,24,25)/t20-,22-/m1/s1. The van der Waals surface area contributed by atoms with E-state index >= 15 is 0 Å². The maximum atomic E-state index is 13.0. The normalized spacial score (nSPS) is 16.7. The molecule has 0 aliphatic carbocycles. The summed E-state index contributed by atoms with van der Waals surface area (Å²) >= 11 is 1.68. The summed E-state index contributed by atoms with van der Waals surface area (Å²) in [5.41, 5.74) is 3.64. The van der Waals surface area contributed by atoms with Crippen molar-refractivity contribution in [3.63, 3.8) is 0 Å². The van der Waals surface area contributed by atoms with E-state index in [-0.39, 0.29) is 17.2 Å². The third-order valence-electron chi connectivity index (χ3n) is 4.74. The number of thioether (sulfide) groups is 1. The van der Waals surface area contributed by atoms with E-state index in [1.165, 1.54) is 16.0 Å². The SMILES string of the molecule is O=C(N[C@H](Cc1ccccc1)c1ccccc1)[C@H]1Cc2ccccc2S1. The average molecular weight is 359 g/mol. The van der Waals surface area contributed by atoms with E-state index in [0.717, 1.165) is 18.4 Å². The van der Waals surface area contributed by atoms with Gasteiger partial charge in [0.25, 0.3) is 0 Å². The zero-order chi connectivity index (χ0) is 17.8. The third-order valence-corrected chi connectivity index (χ3v) is 6.06. The van der Waals surface area contributed by atoms with Crippen LogP contribution in [0.5, 0.6) is 0 Å². The lowest BCUT2D eigenvalue weighted by atomic mass is 9.98. The maximum absolute atomic E-state index is 13.0. The Morgan fingerprint density at radius 1 is 0.923 bits per heavy atom. The first kappa shape index (κ1) is 16.9. The van der Waals surface area contributed by atoms with Crippen LogP contribution in [0.1, 0.15) is 22.7 Å². The number of nitrogens with one attached hydrogen (secondary N) is 1. The maximum Gasteiger partial charge on any atom is 0.234 e. The van der Waals surface area contributed by atoms with Gasteiger partial charge in [-0.3, -0.25) is 4.79 Å². The molecular formula is C23H21NOS. The van der Waals surface area contributed by atoms with Gasteiger partial charge in [0.05, 0.1) is 11.3 Å². The van der Waals surface area contributed by atoms with Gasteiger partial charge in [0, 0.05) is 4.90 Å². The number of benzene rings is 3. The minimum absolute atomic E-state index is 0.0181. The van der Waals surface area contributed by atoms with Crippen LogP contribution in [0.3, 0.4) is 0 Å². The van der Waals surface area contributed by atoms with E-state index in [9.17, 15) is 4.79 Å². The molecule has 1 amide bonds. The van der Waals surface area contributed by atoms with Crippen LogP contribution in [0.25, 0.3) is 0 Å². The van der Waals surface area contributed by atoms with Crippen LogP contribution in [-0.4, -0.2) is 11.2 Å². The average Bonchev–Trinajstić information content (AvgIpc) is 3.13. The summed E-state index contributed by atoms with van der Waals surface area (Å²) in [6.07, 6.45) is 1.60. The van der Waals surface area contributed by atoms with Crippen molar-refractivity contribution in [1.29, 1.82) is 0 Å². The predicted octanol–water partition coefficient (Wildman–Crippen LogP) is 4.80. The molecule has 0 spiro atoms. The van der Waals surface area contributed by atoms with Crippen molar-refractivity contribution in [3.8, 4) is 0 Å². The van der Waals surface area contributed by atoms with Gasteiger partial charge in [-0.25, -0.2) is 0 Å². The summed E-state index contributed by atoms with van der Waals surface area (Å²) in [7, 11) is 0. The highest BCUT2D eigenvalue weighted by atomic mass is 32.2. The monoisotopic (exact) mass is 359 g/mol. The van der Waals surface area contributed by atoms with Crippen LogP contribution >= 0.6 is 11.8 Å². The Morgan fingerprint density at radius 3 is 2.31 bits per heavy atom. The van der Waals surface area contributed by atoms with Gasteiger partial charge in [-0.15, -0.1) is 11.8 Å². The molecule has 1 heterocycles. The second-order valence-electron chi connectivity index (χ2n) is 6.58. The number of amides is 1. The molecule has 3 aromatic carbocycles. The van der Waals surface area contributed by atoms with Gasteiger partial charge in [-0.05, 0) is 35.6 Å². The van der Waals surface area contributed by atoms with Crippen LogP contribution < -0.4 is 5.32 Å². The Balaban J connectivity index is 1.51. The molecule has 2 nitrogen and oxygen atoms in total. The summed E-state index contributed by atoms with van der Waals surface area (Å²) in [5, 5.41) is 3.25. The Hall–Kier alpha value is -2.52. The minimum atomic E-state index is -0.0469. The fourth-order valence-electron chi connectivity index (χ4n) is 3.38. The third kappa shape index (κ3) is 3.83. The number of rotatable bonds is 5. The second kappa shape index (κ2) is 7.79. The molecule has 3 heteroatoms. The summed E-state index contributed by atoms with van der Waals surface area (Å²) in [4.78, 5) is 14.2. The van der Waals surface area contributed by atoms with Gasteiger partial charge in [0.1, 0.15) is 0 Å². The van der Waals surface area contributed by atoms with Crippen molar-refractivity contribution in [2.75, 3.05) is 0 Å². The Labute approximate surface area is 158 Å². The smallest absolute Gasteiger partial charge is 0.234 e. The molecule has 26 heavy (non-hydrogen) atoms. The predicted molar refractivity (Wildman–Crippen MR) is 107 cm³/mol. The van der Waals surface area contributed by atoms with Crippen LogP contribution in [-0.2, 0) is 17.6 Å². The molecule has 0 bridgehead atoms. The van der Waals surface area contributed by atoms with Gasteiger partial charge >= 0.3 is 0 Å². The lowest BCUT2D eigenvalue weighted by Crippen LogP contribution is -2.36. The highest BCUT2D eigenvalue weighted by Crippen LogP contribution is 2.37. The van der Waals surface area contributed by atoms with E-state index in [4.69, 9.17) is 0 Å². The van der Waals surface area contributed by atoms with Crippen molar-refractivity contribution in [3.05, 3.63) is 102 Å². The summed E-state index contributed by atoms with van der Waals surface area (Å²) in [6, 6.07) is 28.9. The van der Waals surface area contributed by atoms with Crippen molar-refractivity contribution >= 4 is 17.7 Å². The molecule has 1 N–H and O–H groups in total. The van der Waals surface area contributed by atoms with Crippen molar-refractivity contribution in [2.24, 2.45) is 0 Å². The van der Waals surface area contributed by atoms with Crippen molar-refractivity contribution in [2.45, 2.75) is 29.0 Å². The van der Waals surface area contributed by atoms with Crippen LogP contribution in [0, 0.1) is 0 Å². The van der Waals surface area contributed by atoms with E-state index in [2.05, 4.69) is 41.7 Å². The molecule has 0 unspecified atom stereocenters. The molecule has 0 fully saturated rings. The number of hydrogen-bond acceptors (Lipinski definition) is 2. The zero-order valence-corrected chi connectivity index (χ0v) is 15.3. The Morgan fingerprint density at radius 2 is 1.58 bits per heavy atom. The number of fused-ring (bicyclic) bond motifs is 1. The lowest BCUT2D eigenvalue weighted by Gasteiger charge is -2.21. The molecule has 130 valence electrons. The Bertz CT molecular complexity index is 854. The largest absolute Gasteiger partial charge is 0.348 e. The first-order valence-electron chi connectivity index (χ1n) is 8.93. The minimum Gasteiger partial charge on any atom is -0.348 e. The van der Waals surface area contributed by atoms with Crippen LogP contribution in [0.4, 0.5) is 0 Å². The van der Waals surface area contributed by atoms with Gasteiger partial charge < -0.3 is 5.32 Å². The fourth-order valence-corrected chi connectivity index (χ4v) is 4.58. The first-order valence-corrected chi connectivity index (χ1v) is 9.81. The summed E-state index contributed by atoms with van der Waals surface area (Å²) in [6.45, 7) is 0. The highest BCUT2D eigenvalue weighted by molar-refractivity contribution is 8.01. The van der Waals surface area contributed by atoms with Gasteiger partial charge in [0.15, 0.2) is 0 Å². The summed E-state index contributed by atoms with van der Waals surface area (Å²) < 4.78 is 0. The van der Waals surface area contributed by atoms with Crippen LogP contribution in [0.15, 0.2) is 89.8 Å². The fraction of sp³-hybridized carbons (Fsp3) is 0.174. The van der Waals surface area contributed by atoms with Gasteiger partial charge in [0.2, 0.25) is 5.91 Å². The molecule has 0 saturated carbocycles. The lowest BCUT2D eigenvalue weighted by molar-refractivity contribution is -0.121. The van der Waals surface area contributed by atoms with Gasteiger partial charge in [-0.1, -0.05) is 78.9 Å². The highest BCUT2D eigenvalue weighted by Gasteiger charge is 2.29. The summed E-state index contributed by atoms with van der Waals surface area (Å²) in [5.74, 6) is 0.121. The molecule has 1 aliphatic heterocycles. The topological polar surface area (TPSA) is 29.1 Å². The second-order valence-corrected chi connectivity index (χ2v) is 7.82. The van der Waals surface area contributed by atoms with Crippen molar-refractivity contribution < 1.29 is 4.79 Å². The number of carbonyl (C=O) groups is 1. The molecule has 0 radical (unpaired) electrons. The number of carbonyl (C=O) groups excluding carboxylic acids is 1.